The largest absolute Gasteiger partial charge is 0.457 e. The monoisotopic (exact) mass is 863 g/mol. The Morgan fingerprint density at radius 3 is 1.52 bits per heavy atom. The molecule has 2 aliphatic rings. The first kappa shape index (κ1) is 54.9. The Morgan fingerprint density at radius 2 is 0.983 bits per heavy atom. The maximum absolute atomic E-state index is 12.9. The zero-order valence-corrected chi connectivity index (χ0v) is 37.2. The number of unbranched alkanes of at least 4 members (excludes halogenated alkanes) is 21. The fourth-order valence-corrected chi connectivity index (χ4v) is 7.57. The zero-order chi connectivity index (χ0) is 43.8. The summed E-state index contributed by atoms with van der Waals surface area (Å²) in [5.74, 6) is -0.379. The van der Waals surface area contributed by atoms with Crippen LogP contribution in [0.15, 0.2) is 12.2 Å². The summed E-state index contributed by atoms with van der Waals surface area (Å²) in [6.07, 6.45) is 17.1. The van der Waals surface area contributed by atoms with E-state index in [1.165, 1.54) is 103 Å². The van der Waals surface area contributed by atoms with Gasteiger partial charge in [-0.05, 0) is 38.5 Å². The first-order valence-electron chi connectivity index (χ1n) is 23.8. The number of ether oxygens (including phenoxy) is 6. The third-order valence-electron chi connectivity index (χ3n) is 11.5. The average Bonchev–Trinajstić information content (AvgIpc) is 3.24. The number of carbonyl (C=O) groups excluding carboxylic acids is 1. The van der Waals surface area contributed by atoms with Crippen molar-refractivity contribution in [2.24, 2.45) is 0 Å². The predicted octanol–water partition coefficient (Wildman–Crippen LogP) is 5.90. The molecule has 11 atom stereocenters. The van der Waals surface area contributed by atoms with Crippen molar-refractivity contribution in [1.82, 2.24) is 0 Å². The van der Waals surface area contributed by atoms with E-state index < -0.39 is 80.7 Å². The molecule has 60 heavy (non-hydrogen) atoms. The Morgan fingerprint density at radius 1 is 0.533 bits per heavy atom. The topological polar surface area (TPSA) is 214 Å². The van der Waals surface area contributed by atoms with Gasteiger partial charge in [0.25, 0.3) is 0 Å². The van der Waals surface area contributed by atoms with Crippen LogP contribution in [0, 0.1) is 0 Å². The van der Waals surface area contributed by atoms with Gasteiger partial charge in [0.05, 0.1) is 26.4 Å². The number of hydrogen-bond acceptors (Lipinski definition) is 14. The third-order valence-corrected chi connectivity index (χ3v) is 11.5. The van der Waals surface area contributed by atoms with Crippen molar-refractivity contribution in [1.29, 1.82) is 0 Å². The van der Waals surface area contributed by atoms with Crippen LogP contribution >= 0.6 is 0 Å². The first-order valence-corrected chi connectivity index (χ1v) is 23.8. The van der Waals surface area contributed by atoms with Crippen molar-refractivity contribution in [2.45, 2.75) is 242 Å². The van der Waals surface area contributed by atoms with Gasteiger partial charge in [-0.1, -0.05) is 142 Å². The van der Waals surface area contributed by atoms with E-state index in [9.17, 15) is 40.5 Å². The fraction of sp³-hybridized carbons (Fsp3) is 0.935. The number of aliphatic hydroxyl groups is 7. The molecular weight excluding hydrogens is 776 g/mol. The number of aliphatic hydroxyl groups excluding tert-OH is 7. The van der Waals surface area contributed by atoms with Gasteiger partial charge in [-0.2, -0.15) is 0 Å². The summed E-state index contributed by atoms with van der Waals surface area (Å²) in [7, 11) is 0. The number of carbonyl (C=O) groups is 1. The van der Waals surface area contributed by atoms with Crippen LogP contribution in [0.5, 0.6) is 0 Å². The Hall–Kier alpha value is -1.27. The summed E-state index contributed by atoms with van der Waals surface area (Å²) in [6, 6.07) is 0. The van der Waals surface area contributed by atoms with Crippen LogP contribution in [-0.4, -0.2) is 142 Å². The van der Waals surface area contributed by atoms with Crippen molar-refractivity contribution >= 4 is 5.97 Å². The number of rotatable bonds is 37. The van der Waals surface area contributed by atoms with Crippen LogP contribution in [0.2, 0.25) is 0 Å². The van der Waals surface area contributed by atoms with Crippen LogP contribution in [-0.2, 0) is 33.2 Å². The lowest BCUT2D eigenvalue weighted by Gasteiger charge is -2.42. The van der Waals surface area contributed by atoms with Gasteiger partial charge in [-0.3, -0.25) is 4.79 Å². The van der Waals surface area contributed by atoms with Crippen molar-refractivity contribution in [2.75, 3.05) is 33.0 Å². The molecule has 0 radical (unpaired) electrons. The maximum Gasteiger partial charge on any atom is 0.306 e. The van der Waals surface area contributed by atoms with Gasteiger partial charge in [-0.25, -0.2) is 0 Å². The summed E-state index contributed by atoms with van der Waals surface area (Å²) in [5, 5.41) is 71.9. The summed E-state index contributed by atoms with van der Waals surface area (Å²) in [6.45, 7) is 3.66. The standard InChI is InChI=1S/C46H86O14/c1-3-5-7-9-11-13-15-16-17-18-19-20-22-24-26-28-30-55-32-35(58-38(48)29-27-25-23-21-14-12-10-8-6-4-2)33-56-45-44(54)42(52)40(50)37(60-45)34-57-46-43(53)41(51)39(49)36(31-47)59-46/h16-17,35-37,39-47,49-54H,3-15,18-34H2,1-2H3/b17-16-. The molecule has 0 aliphatic carbocycles. The second-order valence-corrected chi connectivity index (χ2v) is 16.9. The fourth-order valence-electron chi connectivity index (χ4n) is 7.57. The van der Waals surface area contributed by atoms with Gasteiger partial charge in [0, 0.05) is 13.0 Å². The molecule has 2 aliphatic heterocycles. The quantitative estimate of drug-likeness (QED) is 0.0220. The third kappa shape index (κ3) is 23.4. The summed E-state index contributed by atoms with van der Waals surface area (Å²) >= 11 is 0. The van der Waals surface area contributed by atoms with Gasteiger partial charge in [0.2, 0.25) is 0 Å². The average molecular weight is 863 g/mol. The molecule has 0 aromatic rings. The van der Waals surface area contributed by atoms with Crippen molar-refractivity contribution in [3.8, 4) is 0 Å². The van der Waals surface area contributed by atoms with E-state index in [-0.39, 0.29) is 25.6 Å². The van der Waals surface area contributed by atoms with Crippen LogP contribution in [0.25, 0.3) is 0 Å². The van der Waals surface area contributed by atoms with Gasteiger partial charge >= 0.3 is 5.97 Å². The molecule has 0 bridgehead atoms. The normalized spacial score (nSPS) is 27.8. The highest BCUT2D eigenvalue weighted by Crippen LogP contribution is 2.26. The molecule has 0 aromatic heterocycles. The van der Waals surface area contributed by atoms with Crippen LogP contribution in [0.4, 0.5) is 0 Å². The van der Waals surface area contributed by atoms with E-state index in [0.29, 0.717) is 13.0 Å². The zero-order valence-electron chi connectivity index (χ0n) is 37.2. The molecule has 0 amide bonds. The first-order chi connectivity index (χ1) is 29.1. The predicted molar refractivity (Wildman–Crippen MR) is 229 cm³/mol. The van der Waals surface area contributed by atoms with E-state index in [0.717, 1.165) is 44.9 Å². The summed E-state index contributed by atoms with van der Waals surface area (Å²) in [4.78, 5) is 12.9. The van der Waals surface area contributed by atoms with Gasteiger partial charge in [0.15, 0.2) is 12.6 Å². The minimum absolute atomic E-state index is 0.0620. The molecule has 0 aromatic carbocycles. The molecule has 2 fully saturated rings. The van der Waals surface area contributed by atoms with E-state index in [2.05, 4.69) is 26.0 Å². The Kier molecular flexibility index (Phi) is 32.1. The molecular formula is C46H86O14. The molecule has 2 rings (SSSR count). The minimum Gasteiger partial charge on any atom is -0.457 e. The second-order valence-electron chi connectivity index (χ2n) is 16.9. The number of esters is 1. The summed E-state index contributed by atoms with van der Waals surface area (Å²) in [5.41, 5.74) is 0. The van der Waals surface area contributed by atoms with Crippen molar-refractivity contribution in [3.05, 3.63) is 12.2 Å². The number of hydrogen-bond donors (Lipinski definition) is 7. The van der Waals surface area contributed by atoms with Crippen LogP contribution in [0.3, 0.4) is 0 Å². The molecule has 2 heterocycles. The van der Waals surface area contributed by atoms with Crippen molar-refractivity contribution < 1.29 is 69.0 Å². The van der Waals surface area contributed by atoms with Crippen molar-refractivity contribution in [3.63, 3.8) is 0 Å². The minimum atomic E-state index is -1.70. The molecule has 11 unspecified atom stereocenters. The molecule has 7 N–H and O–H groups in total. The number of allylic oxidation sites excluding steroid dienone is 2. The molecule has 0 saturated carbocycles. The smallest absolute Gasteiger partial charge is 0.306 e. The molecule has 0 spiro atoms. The molecule has 2 saturated heterocycles. The van der Waals surface area contributed by atoms with Gasteiger partial charge in [-0.15, -0.1) is 0 Å². The lowest BCUT2D eigenvalue weighted by Crippen LogP contribution is -2.61. The highest BCUT2D eigenvalue weighted by molar-refractivity contribution is 5.69. The maximum atomic E-state index is 12.9. The Labute approximate surface area is 361 Å². The van der Waals surface area contributed by atoms with E-state index in [4.69, 9.17) is 28.4 Å². The van der Waals surface area contributed by atoms with Crippen LogP contribution < -0.4 is 0 Å². The highest BCUT2D eigenvalue weighted by Gasteiger charge is 2.47. The highest BCUT2D eigenvalue weighted by atomic mass is 16.7. The lowest BCUT2D eigenvalue weighted by molar-refractivity contribution is -0.332. The molecule has 14 heteroatoms. The van der Waals surface area contributed by atoms with E-state index in [1.54, 1.807) is 0 Å². The van der Waals surface area contributed by atoms with Crippen LogP contribution in [0.1, 0.15) is 174 Å². The van der Waals surface area contributed by atoms with E-state index in [1.807, 2.05) is 0 Å². The second kappa shape index (κ2) is 35.1. The Bertz CT molecular complexity index is 1050. The Balaban J connectivity index is 1.79. The van der Waals surface area contributed by atoms with Gasteiger partial charge in [0.1, 0.15) is 54.9 Å². The SMILES string of the molecule is CCCCCCCC/C=C\CCCCCCCCOCC(COC1OC(COC2OC(CO)C(O)C(O)C2O)C(O)C(O)C1O)OC(=O)CCCCCCCCCCCC. The lowest BCUT2D eigenvalue weighted by atomic mass is 9.98. The van der Waals surface area contributed by atoms with Gasteiger partial charge < -0.3 is 64.2 Å². The van der Waals surface area contributed by atoms with E-state index >= 15 is 0 Å². The molecule has 14 nitrogen and oxygen atoms in total. The summed E-state index contributed by atoms with van der Waals surface area (Å²) < 4.78 is 34.1. The molecule has 354 valence electrons.